The predicted octanol–water partition coefficient (Wildman–Crippen LogP) is 8.94. The highest BCUT2D eigenvalue weighted by atomic mass is 15.0. The first-order chi connectivity index (χ1) is 18.9. The van der Waals surface area contributed by atoms with Crippen LogP contribution in [0.2, 0.25) is 0 Å². The van der Waals surface area contributed by atoms with Gasteiger partial charge in [-0.15, -0.1) is 0 Å². The molecule has 0 N–H and O–H groups in total. The van der Waals surface area contributed by atoms with Crippen LogP contribution in [0.25, 0.3) is 66.2 Å². The van der Waals surface area contributed by atoms with Gasteiger partial charge >= 0.3 is 0 Å². The van der Waals surface area contributed by atoms with Crippen molar-refractivity contribution in [2.24, 2.45) is 0 Å². The number of para-hydroxylation sites is 4. The van der Waals surface area contributed by atoms with E-state index in [2.05, 4.69) is 143 Å². The third-order valence-electron chi connectivity index (χ3n) is 7.55. The zero-order valence-corrected chi connectivity index (χ0v) is 20.6. The summed E-state index contributed by atoms with van der Waals surface area (Å²) >= 11 is 0. The number of rotatable bonds is 3. The highest BCUT2D eigenvalue weighted by Crippen LogP contribution is 2.40. The summed E-state index contributed by atoms with van der Waals surface area (Å²) in [6.45, 7) is 0. The van der Waals surface area contributed by atoms with Crippen LogP contribution < -0.4 is 0 Å². The fourth-order valence-corrected chi connectivity index (χ4v) is 5.95. The molecule has 0 bridgehead atoms. The maximum Gasteiger partial charge on any atom is 0.0963 e. The van der Waals surface area contributed by atoms with Crippen molar-refractivity contribution in [1.82, 2.24) is 14.1 Å². The van der Waals surface area contributed by atoms with Gasteiger partial charge in [0.2, 0.25) is 0 Å². The molecule has 0 amide bonds. The van der Waals surface area contributed by atoms with Crippen molar-refractivity contribution < 1.29 is 0 Å². The summed E-state index contributed by atoms with van der Waals surface area (Å²) in [5, 5.41) is 3.65. The average Bonchev–Trinajstić information content (AvgIpc) is 3.51. The van der Waals surface area contributed by atoms with Gasteiger partial charge in [0, 0.05) is 39.3 Å². The van der Waals surface area contributed by atoms with Crippen molar-refractivity contribution in [1.29, 1.82) is 0 Å². The fraction of sp³-hybridized carbons (Fsp3) is 0. The summed E-state index contributed by atoms with van der Waals surface area (Å²) in [5.74, 6) is 0. The molecule has 0 saturated carbocycles. The van der Waals surface area contributed by atoms with E-state index in [0.717, 1.165) is 38.9 Å². The van der Waals surface area contributed by atoms with Gasteiger partial charge in [-0.2, -0.15) is 0 Å². The smallest absolute Gasteiger partial charge is 0.0963 e. The molecule has 0 aliphatic rings. The fourth-order valence-electron chi connectivity index (χ4n) is 5.95. The van der Waals surface area contributed by atoms with E-state index in [4.69, 9.17) is 4.98 Å². The minimum absolute atomic E-state index is 1.02. The highest BCUT2D eigenvalue weighted by molar-refractivity contribution is 6.16. The first kappa shape index (κ1) is 21.0. The van der Waals surface area contributed by atoms with Gasteiger partial charge in [-0.3, -0.25) is 4.98 Å². The zero-order valence-electron chi connectivity index (χ0n) is 20.6. The van der Waals surface area contributed by atoms with E-state index in [1.165, 1.54) is 27.4 Å². The molecule has 0 fully saturated rings. The van der Waals surface area contributed by atoms with Crippen LogP contribution in [0.4, 0.5) is 0 Å². The van der Waals surface area contributed by atoms with Crippen molar-refractivity contribution in [3.8, 4) is 22.5 Å². The Balaban J connectivity index is 1.46. The van der Waals surface area contributed by atoms with Gasteiger partial charge in [0.15, 0.2) is 0 Å². The molecule has 3 heteroatoms. The van der Waals surface area contributed by atoms with E-state index in [1.54, 1.807) is 0 Å². The largest absolute Gasteiger partial charge is 0.309 e. The number of fused-ring (bicyclic) bond motifs is 6. The first-order valence-corrected chi connectivity index (χ1v) is 12.9. The lowest BCUT2D eigenvalue weighted by Gasteiger charge is -2.10. The second-order valence-electron chi connectivity index (χ2n) is 9.67. The molecule has 3 aromatic heterocycles. The number of nitrogens with zero attached hydrogens (tertiary/aromatic N) is 3. The van der Waals surface area contributed by atoms with E-state index in [1.807, 2.05) is 6.20 Å². The Kier molecular flexibility index (Phi) is 4.52. The summed E-state index contributed by atoms with van der Waals surface area (Å²) in [4.78, 5) is 5.06. The second-order valence-corrected chi connectivity index (χ2v) is 9.67. The minimum Gasteiger partial charge on any atom is -0.309 e. The topological polar surface area (TPSA) is 22.8 Å². The van der Waals surface area contributed by atoms with Crippen LogP contribution >= 0.6 is 0 Å². The van der Waals surface area contributed by atoms with E-state index in [-0.39, 0.29) is 0 Å². The van der Waals surface area contributed by atoms with Gasteiger partial charge < -0.3 is 9.13 Å². The molecule has 0 radical (unpaired) electrons. The molecule has 3 heterocycles. The first-order valence-electron chi connectivity index (χ1n) is 12.9. The predicted molar refractivity (Wildman–Crippen MR) is 158 cm³/mol. The summed E-state index contributed by atoms with van der Waals surface area (Å²) in [7, 11) is 0. The van der Waals surface area contributed by atoms with Crippen molar-refractivity contribution in [2.75, 3.05) is 0 Å². The Hall–Kier alpha value is -5.15. The highest BCUT2D eigenvalue weighted by Gasteiger charge is 2.18. The lowest BCUT2D eigenvalue weighted by atomic mass is 10.0. The molecule has 38 heavy (non-hydrogen) atoms. The second kappa shape index (κ2) is 8.19. The van der Waals surface area contributed by atoms with Crippen LogP contribution in [0.5, 0.6) is 0 Å². The Morgan fingerprint density at radius 2 is 1.00 bits per heavy atom. The lowest BCUT2D eigenvalue weighted by Crippen LogP contribution is -1.94. The Bertz CT molecular complexity index is 2120. The summed E-state index contributed by atoms with van der Waals surface area (Å²) < 4.78 is 4.69. The van der Waals surface area contributed by atoms with Gasteiger partial charge in [0.1, 0.15) is 0 Å². The number of aromatic nitrogens is 3. The molecule has 5 aromatic carbocycles. The maximum atomic E-state index is 5.06. The number of benzene rings is 5. The molecule has 0 aliphatic carbocycles. The van der Waals surface area contributed by atoms with Gasteiger partial charge in [-0.05, 0) is 54.1 Å². The molecule has 0 atom stereocenters. The molecular formula is C35H23N3. The van der Waals surface area contributed by atoms with Gasteiger partial charge in [0.25, 0.3) is 0 Å². The normalized spacial score (nSPS) is 11.7. The average molecular weight is 486 g/mol. The van der Waals surface area contributed by atoms with Crippen molar-refractivity contribution >= 4 is 43.7 Å². The summed E-state index contributed by atoms with van der Waals surface area (Å²) in [6.07, 6.45) is 2.04. The lowest BCUT2D eigenvalue weighted by molar-refractivity contribution is 1.17. The van der Waals surface area contributed by atoms with E-state index in [9.17, 15) is 0 Å². The Morgan fingerprint density at radius 1 is 0.447 bits per heavy atom. The van der Waals surface area contributed by atoms with Crippen LogP contribution in [-0.2, 0) is 0 Å². The molecule has 8 aromatic rings. The zero-order chi connectivity index (χ0) is 25.1. The van der Waals surface area contributed by atoms with E-state index >= 15 is 0 Å². The quantitative estimate of drug-likeness (QED) is 0.245. The van der Waals surface area contributed by atoms with Crippen LogP contribution in [-0.4, -0.2) is 14.1 Å². The third-order valence-corrected chi connectivity index (χ3v) is 7.55. The van der Waals surface area contributed by atoms with Crippen LogP contribution in [0.1, 0.15) is 0 Å². The molecule has 0 saturated heterocycles. The van der Waals surface area contributed by atoms with Crippen molar-refractivity contribution in [2.45, 2.75) is 0 Å². The van der Waals surface area contributed by atoms with Crippen LogP contribution in [0.3, 0.4) is 0 Å². The van der Waals surface area contributed by atoms with Crippen LogP contribution in [0.15, 0.2) is 140 Å². The Labute approximate surface area is 219 Å². The Morgan fingerprint density at radius 3 is 1.71 bits per heavy atom. The molecule has 8 rings (SSSR count). The molecule has 178 valence electrons. The van der Waals surface area contributed by atoms with Gasteiger partial charge in [0.05, 0.1) is 27.6 Å². The SMILES string of the molecule is c1ccc(-n2c3ccccc3c3ncc(-c4cccc5c4c4ccccc4n5-c4ccccc4)cc32)cc1. The van der Waals surface area contributed by atoms with Gasteiger partial charge in [-0.1, -0.05) is 84.9 Å². The van der Waals surface area contributed by atoms with Crippen molar-refractivity contribution in [3.05, 3.63) is 140 Å². The summed E-state index contributed by atoms with van der Waals surface area (Å²) in [5.41, 5.74) is 10.3. The standard InChI is InChI=1S/C35H23N3/c1-3-12-25(13-4-1)37-30-19-9-7-16-28(30)34-27(18-11-21-32(34)37)24-22-33-35(36-23-24)29-17-8-10-20-31(29)38(33)26-14-5-2-6-15-26/h1-23H. The molecular weight excluding hydrogens is 462 g/mol. The monoisotopic (exact) mass is 485 g/mol. The molecule has 0 aliphatic heterocycles. The minimum atomic E-state index is 1.02. The molecule has 0 unspecified atom stereocenters. The number of hydrogen-bond donors (Lipinski definition) is 0. The van der Waals surface area contributed by atoms with Crippen LogP contribution in [0, 0.1) is 0 Å². The third kappa shape index (κ3) is 2.99. The number of pyridine rings is 1. The van der Waals surface area contributed by atoms with Crippen molar-refractivity contribution in [3.63, 3.8) is 0 Å². The molecule has 0 spiro atoms. The molecule has 3 nitrogen and oxygen atoms in total. The number of hydrogen-bond acceptors (Lipinski definition) is 1. The van der Waals surface area contributed by atoms with E-state index in [0.29, 0.717) is 0 Å². The summed E-state index contributed by atoms with van der Waals surface area (Å²) in [6, 6.07) is 47.3. The van der Waals surface area contributed by atoms with Gasteiger partial charge in [-0.25, -0.2) is 0 Å². The maximum absolute atomic E-state index is 5.06. The van der Waals surface area contributed by atoms with E-state index < -0.39 is 0 Å².